The number of aromatic nitrogens is 2. The molecule has 1 aromatic rings. The van der Waals surface area contributed by atoms with Crippen LogP contribution in [0.3, 0.4) is 0 Å². The van der Waals surface area contributed by atoms with E-state index in [1.807, 2.05) is 0 Å². The molecule has 0 aliphatic carbocycles. The number of carbonyl (C=O) groups excluding carboxylic acids is 1. The lowest BCUT2D eigenvalue weighted by molar-refractivity contribution is -0.150. The first kappa shape index (κ1) is 30.9. The third-order valence-corrected chi connectivity index (χ3v) is 6.53. The molecular weight excluding hydrogens is 484 g/mol. The molecule has 2 heterocycles. The zero-order valence-electron chi connectivity index (χ0n) is 22.0. The minimum absolute atomic E-state index is 0.121. The van der Waals surface area contributed by atoms with E-state index in [0.29, 0.717) is 11.0 Å². The van der Waals surface area contributed by atoms with Gasteiger partial charge in [0, 0.05) is 12.6 Å². The topological polar surface area (TPSA) is 117 Å². The first-order valence-corrected chi connectivity index (χ1v) is 13.6. The van der Waals surface area contributed by atoms with Gasteiger partial charge in [-0.15, -0.1) is 0 Å². The van der Waals surface area contributed by atoms with E-state index >= 15 is 0 Å². The monoisotopic (exact) mass is 527 g/mol. The molecule has 0 aromatic carbocycles. The predicted octanol–water partition coefficient (Wildman–Crippen LogP) is 5.30. The number of halogens is 2. The van der Waals surface area contributed by atoms with Crippen LogP contribution in [0.5, 0.6) is 0 Å². The summed E-state index contributed by atoms with van der Waals surface area (Å²) in [6, 6.07) is 1.18. The van der Waals surface area contributed by atoms with Crippen molar-refractivity contribution in [1.82, 2.24) is 9.55 Å². The minimum atomic E-state index is -3.78. The van der Waals surface area contributed by atoms with Crippen molar-refractivity contribution in [2.45, 2.75) is 121 Å². The lowest BCUT2D eigenvalue weighted by Crippen LogP contribution is -2.42. The van der Waals surface area contributed by atoms with E-state index < -0.39 is 42.6 Å². The summed E-state index contributed by atoms with van der Waals surface area (Å²) >= 11 is 0. The Labute approximate surface area is 218 Å². The van der Waals surface area contributed by atoms with Gasteiger partial charge in [-0.3, -0.25) is 9.36 Å². The van der Waals surface area contributed by atoms with Crippen LogP contribution >= 0.6 is 0 Å². The molecule has 0 radical (unpaired) electrons. The third-order valence-electron chi connectivity index (χ3n) is 6.53. The second kappa shape index (κ2) is 16.5. The Bertz CT molecular complexity index is 893. The van der Waals surface area contributed by atoms with Crippen molar-refractivity contribution in [2.75, 3.05) is 12.3 Å². The SMILES string of the molecule is CCCCCCCCC=CCCCCCCCC(=O)OCC1OC(n2ccc(N)nc2=O)C(F)(F)C1O. The van der Waals surface area contributed by atoms with Gasteiger partial charge in [-0.05, 0) is 38.2 Å². The predicted molar refractivity (Wildman–Crippen MR) is 138 cm³/mol. The Morgan fingerprint density at radius 1 is 1.11 bits per heavy atom. The second-order valence-corrected chi connectivity index (χ2v) is 9.71. The van der Waals surface area contributed by atoms with Gasteiger partial charge in [-0.25, -0.2) is 4.79 Å². The maximum Gasteiger partial charge on any atom is 0.351 e. The first-order valence-electron chi connectivity index (χ1n) is 13.6. The van der Waals surface area contributed by atoms with Gasteiger partial charge in [-0.1, -0.05) is 70.4 Å². The quantitative estimate of drug-likeness (QED) is 0.151. The van der Waals surface area contributed by atoms with Gasteiger partial charge in [-0.2, -0.15) is 13.8 Å². The number of carbonyl (C=O) groups is 1. The number of nitrogens with zero attached hydrogens (tertiary/aromatic N) is 2. The largest absolute Gasteiger partial charge is 0.463 e. The Balaban J connectivity index is 1.54. The van der Waals surface area contributed by atoms with Crippen LogP contribution in [-0.4, -0.2) is 45.4 Å². The summed E-state index contributed by atoms with van der Waals surface area (Å²) in [5.41, 5.74) is 4.35. The zero-order chi connectivity index (χ0) is 27.1. The number of allylic oxidation sites excluding steroid dienone is 2. The number of nitrogens with two attached hydrogens (primary N) is 1. The molecule has 2 rings (SSSR count). The lowest BCUT2D eigenvalue weighted by Gasteiger charge is -2.20. The fourth-order valence-corrected chi connectivity index (χ4v) is 4.30. The number of hydrogen-bond acceptors (Lipinski definition) is 7. The van der Waals surface area contributed by atoms with Crippen LogP contribution in [0.25, 0.3) is 0 Å². The first-order chi connectivity index (χ1) is 17.8. The van der Waals surface area contributed by atoms with Crippen molar-refractivity contribution in [3.05, 3.63) is 34.9 Å². The highest BCUT2D eigenvalue weighted by Crippen LogP contribution is 2.42. The number of alkyl halides is 2. The number of anilines is 1. The van der Waals surface area contributed by atoms with Gasteiger partial charge in [0.15, 0.2) is 6.10 Å². The maximum atomic E-state index is 14.5. The molecule has 1 fully saturated rings. The Morgan fingerprint density at radius 2 is 1.70 bits per heavy atom. The van der Waals surface area contributed by atoms with E-state index in [-0.39, 0.29) is 12.2 Å². The van der Waals surface area contributed by atoms with Crippen LogP contribution < -0.4 is 11.4 Å². The van der Waals surface area contributed by atoms with Crippen molar-refractivity contribution in [3.63, 3.8) is 0 Å². The number of rotatable bonds is 18. The van der Waals surface area contributed by atoms with E-state index in [1.165, 1.54) is 44.6 Å². The average molecular weight is 528 g/mol. The average Bonchev–Trinajstić information content (AvgIpc) is 3.08. The summed E-state index contributed by atoms with van der Waals surface area (Å²) in [5.74, 6) is -4.43. The molecule has 8 nitrogen and oxygen atoms in total. The number of aliphatic hydroxyl groups is 1. The van der Waals surface area contributed by atoms with E-state index in [1.54, 1.807) is 0 Å². The Hall–Kier alpha value is -2.33. The van der Waals surface area contributed by atoms with E-state index in [9.17, 15) is 23.5 Å². The standard InChI is InChI=1S/C27H43F2N3O5/c1-2-3-4-5-6-7-8-9-10-11-12-13-14-15-16-17-23(33)36-20-21-24(34)27(28,29)25(37-21)32-19-18-22(30)31-26(32)35/h9-10,18-19,21,24-25,34H,2-8,11-17,20H2,1H3,(H2,30,31,35). The van der Waals surface area contributed by atoms with E-state index in [2.05, 4.69) is 24.1 Å². The zero-order valence-corrected chi connectivity index (χ0v) is 22.0. The van der Waals surface area contributed by atoms with Crippen molar-refractivity contribution >= 4 is 11.8 Å². The molecular formula is C27H43F2N3O5. The molecule has 3 atom stereocenters. The molecule has 0 saturated carbocycles. The normalized spacial score (nSPS) is 21.0. The molecule has 37 heavy (non-hydrogen) atoms. The van der Waals surface area contributed by atoms with Gasteiger partial charge in [0.1, 0.15) is 18.5 Å². The molecule has 10 heteroatoms. The summed E-state index contributed by atoms with van der Waals surface area (Å²) < 4.78 is 39.8. The van der Waals surface area contributed by atoms with Gasteiger partial charge >= 0.3 is 17.6 Å². The smallest absolute Gasteiger partial charge is 0.351 e. The number of ether oxygens (including phenoxy) is 2. The van der Waals surface area contributed by atoms with Crippen LogP contribution in [0.1, 0.15) is 103 Å². The minimum Gasteiger partial charge on any atom is -0.463 e. The highest BCUT2D eigenvalue weighted by molar-refractivity contribution is 5.69. The van der Waals surface area contributed by atoms with E-state index in [4.69, 9.17) is 15.2 Å². The van der Waals surface area contributed by atoms with Crippen molar-refractivity contribution in [2.24, 2.45) is 0 Å². The van der Waals surface area contributed by atoms with Gasteiger partial charge in [0.05, 0.1) is 0 Å². The third kappa shape index (κ3) is 10.5. The van der Waals surface area contributed by atoms with E-state index in [0.717, 1.165) is 44.7 Å². The van der Waals surface area contributed by atoms with Gasteiger partial charge < -0.3 is 20.3 Å². The number of aliphatic hydroxyl groups excluding tert-OH is 1. The molecule has 0 amide bonds. The summed E-state index contributed by atoms with van der Waals surface area (Å²) in [5, 5.41) is 9.99. The Kier molecular flexibility index (Phi) is 13.8. The lowest BCUT2D eigenvalue weighted by atomic mass is 10.1. The number of unbranched alkanes of at least 4 members (excludes halogenated alkanes) is 11. The summed E-state index contributed by atoms with van der Waals surface area (Å²) in [7, 11) is 0. The molecule has 0 spiro atoms. The highest BCUT2D eigenvalue weighted by atomic mass is 19.3. The fraction of sp³-hybridized carbons (Fsp3) is 0.741. The Morgan fingerprint density at radius 3 is 2.32 bits per heavy atom. The van der Waals surface area contributed by atoms with Crippen LogP contribution in [0.15, 0.2) is 29.2 Å². The molecule has 1 saturated heterocycles. The van der Waals surface area contributed by atoms with Crippen LogP contribution in [0, 0.1) is 0 Å². The van der Waals surface area contributed by atoms with Crippen molar-refractivity contribution < 1.29 is 28.2 Å². The molecule has 0 bridgehead atoms. The van der Waals surface area contributed by atoms with Crippen molar-refractivity contribution in [1.29, 1.82) is 0 Å². The second-order valence-electron chi connectivity index (χ2n) is 9.71. The molecule has 210 valence electrons. The number of nitrogen functional groups attached to an aromatic ring is 1. The fourth-order valence-electron chi connectivity index (χ4n) is 4.30. The van der Waals surface area contributed by atoms with Crippen molar-refractivity contribution in [3.8, 4) is 0 Å². The molecule has 3 N–H and O–H groups in total. The summed E-state index contributed by atoms with van der Waals surface area (Å²) in [6.45, 7) is 1.70. The van der Waals surface area contributed by atoms with Crippen LogP contribution in [-0.2, 0) is 14.3 Å². The summed E-state index contributed by atoms with van der Waals surface area (Å²) in [6.07, 6.45) is 14.8. The highest BCUT2D eigenvalue weighted by Gasteiger charge is 2.60. The van der Waals surface area contributed by atoms with Gasteiger partial charge in [0.2, 0.25) is 6.23 Å². The van der Waals surface area contributed by atoms with Crippen LogP contribution in [0.4, 0.5) is 14.6 Å². The molecule has 1 aliphatic rings. The molecule has 1 aromatic heterocycles. The number of hydrogen-bond donors (Lipinski definition) is 2. The van der Waals surface area contributed by atoms with Crippen LogP contribution in [0.2, 0.25) is 0 Å². The molecule has 3 unspecified atom stereocenters. The molecule has 1 aliphatic heterocycles. The number of esters is 1. The summed E-state index contributed by atoms with van der Waals surface area (Å²) in [4.78, 5) is 27.3. The maximum absolute atomic E-state index is 14.5. The van der Waals surface area contributed by atoms with Gasteiger partial charge in [0.25, 0.3) is 0 Å².